The van der Waals surface area contributed by atoms with Crippen LogP contribution in [0.2, 0.25) is 0 Å². The van der Waals surface area contributed by atoms with Gasteiger partial charge in [0.15, 0.2) is 5.78 Å². The third kappa shape index (κ3) is 2.46. The molecule has 0 aliphatic heterocycles. The summed E-state index contributed by atoms with van der Waals surface area (Å²) in [5.74, 6) is 0.735. The molecule has 0 spiro atoms. The molecule has 1 unspecified atom stereocenters. The van der Waals surface area contributed by atoms with Gasteiger partial charge in [0.2, 0.25) is 0 Å². The second-order valence-corrected chi connectivity index (χ2v) is 8.01. The molecule has 0 radical (unpaired) electrons. The highest BCUT2D eigenvalue weighted by molar-refractivity contribution is 6.07. The Balaban J connectivity index is 1.78. The first-order chi connectivity index (χ1) is 13.2. The summed E-state index contributed by atoms with van der Waals surface area (Å²) < 4.78 is 2.44. The van der Waals surface area contributed by atoms with Crippen LogP contribution in [-0.4, -0.2) is 29.2 Å². The predicted molar refractivity (Wildman–Crippen MR) is 107 cm³/mol. The Bertz CT molecular complexity index is 1090. The number of aryl methyl sites for hydroxylation is 2. The molecule has 1 aromatic heterocycles. The number of aromatic nitrogens is 1. The molecule has 1 aromatic carbocycles. The molecule has 2 aromatic rings. The second-order valence-electron chi connectivity index (χ2n) is 8.01. The van der Waals surface area contributed by atoms with Gasteiger partial charge in [0.25, 0.3) is 0 Å². The largest absolute Gasteiger partial charge is 0.341 e. The highest BCUT2D eigenvalue weighted by atomic mass is 16.1. The highest BCUT2D eigenvalue weighted by Crippen LogP contribution is 2.35. The van der Waals surface area contributed by atoms with E-state index in [1.54, 1.807) is 0 Å². The topological polar surface area (TPSA) is 51.1 Å². The highest BCUT2D eigenvalue weighted by Gasteiger charge is 2.33. The van der Waals surface area contributed by atoms with Crippen molar-refractivity contribution < 1.29 is 9.59 Å². The number of carbonyl (C=O) groups is 2. The number of ketones is 2. The van der Waals surface area contributed by atoms with Gasteiger partial charge in [0.05, 0.1) is 0 Å². The molecule has 4 nitrogen and oxygen atoms in total. The Labute approximate surface area is 158 Å². The Hall–Kier alpha value is -2.20. The number of hydrogen-bond donors (Lipinski definition) is 1. The van der Waals surface area contributed by atoms with Crippen molar-refractivity contribution in [1.82, 2.24) is 9.88 Å². The first-order valence-corrected chi connectivity index (χ1v) is 10.3. The minimum Gasteiger partial charge on any atom is -0.341 e. The van der Waals surface area contributed by atoms with Crippen molar-refractivity contribution in [3.8, 4) is 0 Å². The minimum absolute atomic E-state index is 0.0752. The molecule has 3 aliphatic carbocycles. The maximum absolute atomic E-state index is 12.4. The summed E-state index contributed by atoms with van der Waals surface area (Å²) in [6, 6.07) is 4.17. The summed E-state index contributed by atoms with van der Waals surface area (Å²) in [6.45, 7) is 5.10. The average molecular weight is 362 g/mol. The van der Waals surface area contributed by atoms with Crippen LogP contribution in [0, 0.1) is 5.92 Å². The Morgan fingerprint density at radius 1 is 1.15 bits per heavy atom. The second kappa shape index (κ2) is 6.45. The van der Waals surface area contributed by atoms with Gasteiger partial charge in [-0.3, -0.25) is 9.59 Å². The summed E-state index contributed by atoms with van der Waals surface area (Å²) in [4.78, 5) is 24.7. The number of carbonyl (C=O) groups excluding carboxylic acids is 2. The molecular weight excluding hydrogens is 336 g/mol. The van der Waals surface area contributed by atoms with Crippen LogP contribution >= 0.6 is 0 Å². The number of hydrogen-bond acceptors (Lipinski definition) is 3. The zero-order chi connectivity index (χ0) is 18.5. The number of fused-ring (bicyclic) bond motifs is 6. The van der Waals surface area contributed by atoms with Crippen LogP contribution in [0.5, 0.6) is 0 Å². The molecule has 0 amide bonds. The quantitative estimate of drug-likeness (QED) is 0.829. The minimum atomic E-state index is 0.0752. The van der Waals surface area contributed by atoms with Crippen LogP contribution in [0.1, 0.15) is 54.9 Å². The van der Waals surface area contributed by atoms with Crippen molar-refractivity contribution in [3.05, 3.63) is 33.8 Å². The van der Waals surface area contributed by atoms with E-state index in [0.29, 0.717) is 18.6 Å². The zero-order valence-corrected chi connectivity index (χ0v) is 15.9. The molecule has 4 heteroatoms. The van der Waals surface area contributed by atoms with E-state index in [0.717, 1.165) is 50.9 Å². The van der Waals surface area contributed by atoms with Gasteiger partial charge in [-0.05, 0) is 62.0 Å². The predicted octanol–water partition coefficient (Wildman–Crippen LogP) is 2.08. The van der Waals surface area contributed by atoms with Gasteiger partial charge < -0.3 is 9.88 Å². The van der Waals surface area contributed by atoms with Gasteiger partial charge in [0, 0.05) is 52.3 Å². The average Bonchev–Trinajstić information content (AvgIpc) is 3.33. The van der Waals surface area contributed by atoms with Crippen molar-refractivity contribution in [2.45, 2.75) is 52.0 Å². The summed E-state index contributed by atoms with van der Waals surface area (Å²) in [5, 5.41) is 7.26. The van der Waals surface area contributed by atoms with E-state index in [4.69, 9.17) is 0 Å². The summed E-state index contributed by atoms with van der Waals surface area (Å²) in [6.07, 6.45) is 7.22. The number of Topliss-reactive ketones (excluding diaryl/α,β-unsaturated/α-hetero) is 2. The normalized spacial score (nSPS) is 20.8. The third-order valence-corrected chi connectivity index (χ3v) is 6.58. The lowest BCUT2D eigenvalue weighted by atomic mass is 9.91. The fraction of sp³-hybridized carbons (Fsp3) is 0.478. The van der Waals surface area contributed by atoms with Crippen LogP contribution in [0.15, 0.2) is 12.1 Å². The van der Waals surface area contributed by atoms with E-state index < -0.39 is 0 Å². The van der Waals surface area contributed by atoms with Crippen molar-refractivity contribution in [2.24, 2.45) is 5.92 Å². The van der Waals surface area contributed by atoms with Gasteiger partial charge in [0.1, 0.15) is 5.78 Å². The van der Waals surface area contributed by atoms with E-state index in [2.05, 4.69) is 29.0 Å². The number of benzene rings is 1. The molecule has 1 fully saturated rings. The van der Waals surface area contributed by atoms with E-state index in [9.17, 15) is 9.59 Å². The summed E-state index contributed by atoms with van der Waals surface area (Å²) in [5.41, 5.74) is 4.71. The fourth-order valence-electron chi connectivity index (χ4n) is 5.35. The lowest BCUT2D eigenvalue weighted by Crippen LogP contribution is -2.36. The third-order valence-electron chi connectivity index (χ3n) is 6.58. The van der Waals surface area contributed by atoms with E-state index >= 15 is 0 Å². The van der Waals surface area contributed by atoms with Crippen LogP contribution in [0.4, 0.5) is 0 Å². The molecule has 5 rings (SSSR count). The summed E-state index contributed by atoms with van der Waals surface area (Å²) in [7, 11) is 0. The van der Waals surface area contributed by atoms with Gasteiger partial charge in [-0.1, -0.05) is 13.0 Å². The van der Waals surface area contributed by atoms with Crippen LogP contribution in [0.25, 0.3) is 22.6 Å². The Morgan fingerprint density at radius 3 is 2.89 bits per heavy atom. The Kier molecular flexibility index (Phi) is 4.05. The maximum atomic E-state index is 12.4. The maximum Gasteiger partial charge on any atom is 0.163 e. The lowest BCUT2D eigenvalue weighted by molar-refractivity contribution is -0.119. The van der Waals surface area contributed by atoms with Crippen molar-refractivity contribution >= 4 is 34.1 Å². The first kappa shape index (κ1) is 16.9. The Morgan fingerprint density at radius 2 is 2.04 bits per heavy atom. The number of rotatable bonds is 5. The first-order valence-electron chi connectivity index (χ1n) is 10.3. The zero-order valence-electron chi connectivity index (χ0n) is 15.9. The molecule has 140 valence electrons. The van der Waals surface area contributed by atoms with Gasteiger partial charge in [-0.25, -0.2) is 0 Å². The van der Waals surface area contributed by atoms with E-state index in [1.165, 1.54) is 32.6 Å². The van der Waals surface area contributed by atoms with Crippen molar-refractivity contribution in [3.63, 3.8) is 0 Å². The van der Waals surface area contributed by atoms with Gasteiger partial charge in [-0.15, -0.1) is 0 Å². The number of nitrogens with one attached hydrogen (secondary N) is 1. The molecule has 1 atom stereocenters. The SMILES string of the molecule is CCNCCCn1c2c(c3c4c(ccc31)C(=O)CC4)=C1CCC(=O)C1CC=2. The van der Waals surface area contributed by atoms with Gasteiger partial charge in [-0.2, -0.15) is 0 Å². The molecule has 1 heterocycles. The molecule has 0 bridgehead atoms. The van der Waals surface area contributed by atoms with E-state index in [1.807, 2.05) is 6.07 Å². The molecule has 3 aliphatic rings. The molecular formula is C23H26N2O2. The monoisotopic (exact) mass is 362 g/mol. The molecule has 0 saturated heterocycles. The number of nitrogens with zero attached hydrogens (tertiary/aromatic N) is 1. The van der Waals surface area contributed by atoms with Crippen LogP contribution in [0.3, 0.4) is 0 Å². The molecule has 1 N–H and O–H groups in total. The fourth-order valence-corrected chi connectivity index (χ4v) is 5.35. The molecule has 1 saturated carbocycles. The van der Waals surface area contributed by atoms with Crippen molar-refractivity contribution in [1.29, 1.82) is 0 Å². The lowest BCUT2D eigenvalue weighted by Gasteiger charge is -2.13. The van der Waals surface area contributed by atoms with Crippen molar-refractivity contribution in [2.75, 3.05) is 13.1 Å². The summed E-state index contributed by atoms with van der Waals surface area (Å²) >= 11 is 0. The van der Waals surface area contributed by atoms with E-state index in [-0.39, 0.29) is 11.7 Å². The smallest absolute Gasteiger partial charge is 0.163 e. The molecule has 27 heavy (non-hydrogen) atoms. The standard InChI is InChI=1S/C23H26N2O2/c1-2-24-12-3-13-25-18-8-4-14-16(6-10-20(14)26)22(18)23-17-7-11-21(27)15(17)5-9-19(23)25/h4,8-9,15,24H,2-3,5-7,10-13H2,1H3. The van der Waals surface area contributed by atoms with Crippen LogP contribution < -0.4 is 15.9 Å². The van der Waals surface area contributed by atoms with Crippen LogP contribution in [-0.2, 0) is 17.8 Å². The van der Waals surface area contributed by atoms with Gasteiger partial charge >= 0.3 is 0 Å².